The van der Waals surface area contributed by atoms with E-state index in [-0.39, 0.29) is 6.04 Å². The van der Waals surface area contributed by atoms with Gasteiger partial charge in [0.05, 0.1) is 10.9 Å². The first-order valence-corrected chi connectivity index (χ1v) is 8.60. The zero-order valence-corrected chi connectivity index (χ0v) is 13.5. The molecule has 3 rings (SSSR count). The number of hydrogen-bond acceptors (Lipinski definition) is 4. The van der Waals surface area contributed by atoms with Crippen LogP contribution in [-0.2, 0) is 11.4 Å². The van der Waals surface area contributed by atoms with E-state index in [9.17, 15) is 0 Å². The number of halogens is 1. The van der Waals surface area contributed by atoms with Crippen LogP contribution in [0.15, 0.2) is 60.0 Å². The van der Waals surface area contributed by atoms with Gasteiger partial charge >= 0.3 is 0 Å². The van der Waals surface area contributed by atoms with E-state index in [1.807, 2.05) is 48.5 Å². The molecule has 1 aromatic carbocycles. The number of rotatable bonds is 6. The SMILES string of the molecule is Clc1ccc(C(NOCc2ccccc2)c2cccs2)s1. The Hall–Kier alpha value is -1.17. The third-order valence-electron chi connectivity index (χ3n) is 2.99. The monoisotopic (exact) mass is 335 g/mol. The highest BCUT2D eigenvalue weighted by atomic mass is 35.5. The lowest BCUT2D eigenvalue weighted by Gasteiger charge is -2.16. The molecule has 21 heavy (non-hydrogen) atoms. The van der Waals surface area contributed by atoms with Gasteiger partial charge in [0.25, 0.3) is 0 Å². The quantitative estimate of drug-likeness (QED) is 0.619. The van der Waals surface area contributed by atoms with Crippen molar-refractivity contribution in [3.05, 3.63) is 79.6 Å². The maximum atomic E-state index is 6.05. The van der Waals surface area contributed by atoms with Gasteiger partial charge in [0.2, 0.25) is 0 Å². The summed E-state index contributed by atoms with van der Waals surface area (Å²) in [4.78, 5) is 8.05. The highest BCUT2D eigenvalue weighted by molar-refractivity contribution is 7.16. The maximum Gasteiger partial charge on any atom is 0.101 e. The fraction of sp³-hybridized carbons (Fsp3) is 0.125. The molecule has 0 bridgehead atoms. The molecule has 0 saturated carbocycles. The molecule has 5 heteroatoms. The molecule has 1 N–H and O–H groups in total. The van der Waals surface area contributed by atoms with E-state index in [2.05, 4.69) is 16.9 Å². The first-order valence-electron chi connectivity index (χ1n) is 6.53. The number of hydroxylamine groups is 1. The Kier molecular flexibility index (Phi) is 5.06. The van der Waals surface area contributed by atoms with E-state index >= 15 is 0 Å². The predicted octanol–water partition coefficient (Wildman–Crippen LogP) is 5.27. The van der Waals surface area contributed by atoms with Gasteiger partial charge < -0.3 is 0 Å². The van der Waals surface area contributed by atoms with Crippen LogP contribution in [-0.4, -0.2) is 0 Å². The Morgan fingerprint density at radius 3 is 2.52 bits per heavy atom. The van der Waals surface area contributed by atoms with Gasteiger partial charge in [-0.3, -0.25) is 4.84 Å². The van der Waals surface area contributed by atoms with Crippen molar-refractivity contribution in [2.24, 2.45) is 0 Å². The highest BCUT2D eigenvalue weighted by Crippen LogP contribution is 2.33. The van der Waals surface area contributed by atoms with Crippen molar-refractivity contribution in [1.82, 2.24) is 5.48 Å². The van der Waals surface area contributed by atoms with Crippen LogP contribution in [0.2, 0.25) is 4.34 Å². The van der Waals surface area contributed by atoms with E-state index in [1.165, 1.54) is 4.88 Å². The van der Waals surface area contributed by atoms with Crippen LogP contribution < -0.4 is 5.48 Å². The van der Waals surface area contributed by atoms with Gasteiger partial charge in [-0.05, 0) is 29.1 Å². The molecule has 0 fully saturated rings. The molecule has 0 amide bonds. The largest absolute Gasteiger partial charge is 0.296 e. The smallest absolute Gasteiger partial charge is 0.101 e. The second-order valence-corrected chi connectivity index (χ2v) is 7.21. The van der Waals surface area contributed by atoms with Gasteiger partial charge in [0.15, 0.2) is 0 Å². The van der Waals surface area contributed by atoms with E-state index in [4.69, 9.17) is 16.4 Å². The molecule has 2 aromatic heterocycles. The summed E-state index contributed by atoms with van der Waals surface area (Å²) >= 11 is 9.32. The van der Waals surface area contributed by atoms with Gasteiger partial charge in [-0.25, -0.2) is 0 Å². The summed E-state index contributed by atoms with van der Waals surface area (Å²) in [6.07, 6.45) is 0. The number of benzene rings is 1. The maximum absolute atomic E-state index is 6.05. The minimum Gasteiger partial charge on any atom is -0.296 e. The summed E-state index contributed by atoms with van der Waals surface area (Å²) in [5, 5.41) is 2.07. The van der Waals surface area contributed by atoms with Crippen LogP contribution >= 0.6 is 34.3 Å². The zero-order valence-electron chi connectivity index (χ0n) is 11.2. The minimum absolute atomic E-state index is 0.0196. The topological polar surface area (TPSA) is 21.3 Å². The molecule has 108 valence electrons. The van der Waals surface area contributed by atoms with E-state index < -0.39 is 0 Å². The molecule has 0 aliphatic rings. The minimum atomic E-state index is 0.0196. The Labute approximate surface area is 136 Å². The molecule has 0 radical (unpaired) electrons. The van der Waals surface area contributed by atoms with Crippen LogP contribution in [0.1, 0.15) is 21.4 Å². The number of hydrogen-bond donors (Lipinski definition) is 1. The van der Waals surface area contributed by atoms with Crippen LogP contribution in [0.3, 0.4) is 0 Å². The van der Waals surface area contributed by atoms with Gasteiger partial charge in [0, 0.05) is 9.75 Å². The summed E-state index contributed by atoms with van der Waals surface area (Å²) in [6, 6.07) is 18.2. The van der Waals surface area contributed by atoms with Gasteiger partial charge in [-0.1, -0.05) is 48.0 Å². The fourth-order valence-corrected chi connectivity index (χ4v) is 3.96. The summed E-state index contributed by atoms with van der Waals surface area (Å²) in [7, 11) is 0. The summed E-state index contributed by atoms with van der Waals surface area (Å²) in [5.41, 5.74) is 4.30. The van der Waals surface area contributed by atoms with Crippen molar-refractivity contribution >= 4 is 34.3 Å². The molecule has 1 atom stereocenters. The van der Waals surface area contributed by atoms with Crippen LogP contribution in [0, 0.1) is 0 Å². The zero-order chi connectivity index (χ0) is 14.5. The number of nitrogens with one attached hydrogen (secondary N) is 1. The standard InChI is InChI=1S/C16H14ClNOS2/c17-15-9-8-14(21-15)16(13-7-4-10-20-13)18-19-11-12-5-2-1-3-6-12/h1-10,16,18H,11H2. The fourth-order valence-electron chi connectivity index (χ4n) is 1.98. The lowest BCUT2D eigenvalue weighted by molar-refractivity contribution is 0.0129. The first-order chi connectivity index (χ1) is 10.3. The van der Waals surface area contributed by atoms with E-state index in [0.29, 0.717) is 6.61 Å². The Morgan fingerprint density at radius 2 is 1.86 bits per heavy atom. The highest BCUT2D eigenvalue weighted by Gasteiger charge is 2.17. The summed E-state index contributed by atoms with van der Waals surface area (Å²) in [6.45, 7) is 0.530. The molecule has 2 nitrogen and oxygen atoms in total. The first kappa shape index (κ1) is 14.8. The van der Waals surface area contributed by atoms with Crippen molar-refractivity contribution in [2.75, 3.05) is 0 Å². The molecule has 0 aliphatic heterocycles. The summed E-state index contributed by atoms with van der Waals surface area (Å²) < 4.78 is 0.788. The second kappa shape index (κ2) is 7.20. The van der Waals surface area contributed by atoms with Gasteiger partial charge in [-0.2, -0.15) is 5.48 Å². The summed E-state index contributed by atoms with van der Waals surface area (Å²) in [5.74, 6) is 0. The molecule has 0 aliphatic carbocycles. The number of thiophene rings is 2. The average Bonchev–Trinajstić information content (AvgIpc) is 3.16. The molecular weight excluding hydrogens is 322 g/mol. The lowest BCUT2D eigenvalue weighted by atomic mass is 10.2. The van der Waals surface area contributed by atoms with Crippen LogP contribution in [0.25, 0.3) is 0 Å². The van der Waals surface area contributed by atoms with Crippen molar-refractivity contribution in [3.8, 4) is 0 Å². The van der Waals surface area contributed by atoms with Crippen LogP contribution in [0.4, 0.5) is 0 Å². The molecule has 1 unspecified atom stereocenters. The van der Waals surface area contributed by atoms with Crippen molar-refractivity contribution in [3.63, 3.8) is 0 Å². The van der Waals surface area contributed by atoms with Crippen molar-refractivity contribution < 1.29 is 4.84 Å². The van der Waals surface area contributed by atoms with Crippen molar-refractivity contribution in [1.29, 1.82) is 0 Å². The van der Waals surface area contributed by atoms with Gasteiger partial charge in [0.1, 0.15) is 6.04 Å². The molecule has 0 saturated heterocycles. The predicted molar refractivity (Wildman–Crippen MR) is 89.9 cm³/mol. The normalized spacial score (nSPS) is 12.4. The lowest BCUT2D eigenvalue weighted by Crippen LogP contribution is -2.21. The Morgan fingerprint density at radius 1 is 1.00 bits per heavy atom. The van der Waals surface area contributed by atoms with E-state index in [1.54, 1.807) is 22.7 Å². The Balaban J connectivity index is 1.68. The molecule has 2 heterocycles. The average molecular weight is 336 g/mol. The third kappa shape index (κ3) is 3.93. The molecule has 0 spiro atoms. The third-order valence-corrected chi connectivity index (χ3v) is 5.22. The molecular formula is C16H14ClNOS2. The van der Waals surface area contributed by atoms with E-state index in [0.717, 1.165) is 14.8 Å². The Bertz CT molecular complexity index is 667. The van der Waals surface area contributed by atoms with Gasteiger partial charge in [-0.15, -0.1) is 22.7 Å². The molecule has 3 aromatic rings. The van der Waals surface area contributed by atoms with Crippen molar-refractivity contribution in [2.45, 2.75) is 12.6 Å². The second-order valence-electron chi connectivity index (χ2n) is 4.48. The van der Waals surface area contributed by atoms with Crippen LogP contribution in [0.5, 0.6) is 0 Å².